The molecule has 3 unspecified atom stereocenters. The van der Waals surface area contributed by atoms with Gasteiger partial charge in [-0.1, -0.05) is 370 Å². The van der Waals surface area contributed by atoms with E-state index in [2.05, 4.69) is 55.4 Å². The first-order chi connectivity index (χ1) is 48.6. The van der Waals surface area contributed by atoms with Gasteiger partial charge in [-0.05, 0) is 49.4 Å². The van der Waals surface area contributed by atoms with Crippen LogP contribution in [-0.4, -0.2) is 96.7 Å². The van der Waals surface area contributed by atoms with Crippen molar-refractivity contribution in [2.75, 3.05) is 39.6 Å². The fraction of sp³-hybridized carbons (Fsp3) is 0.951. The average molecular weight is 1480 g/mol. The van der Waals surface area contributed by atoms with Crippen molar-refractivity contribution in [3.8, 4) is 0 Å². The van der Waals surface area contributed by atoms with E-state index in [1.54, 1.807) is 0 Å². The molecule has 3 N–H and O–H groups in total. The van der Waals surface area contributed by atoms with Gasteiger partial charge >= 0.3 is 39.5 Å². The van der Waals surface area contributed by atoms with Crippen LogP contribution in [0.3, 0.4) is 0 Å². The molecule has 0 amide bonds. The summed E-state index contributed by atoms with van der Waals surface area (Å²) in [6.45, 7) is 14.2. The zero-order valence-electron chi connectivity index (χ0n) is 66.5. The van der Waals surface area contributed by atoms with Gasteiger partial charge in [0.05, 0.1) is 26.4 Å². The Bertz CT molecular complexity index is 1970. The molecule has 0 aliphatic rings. The van der Waals surface area contributed by atoms with Gasteiger partial charge in [-0.15, -0.1) is 0 Å². The molecule has 17 nitrogen and oxygen atoms in total. The van der Waals surface area contributed by atoms with Gasteiger partial charge in [0.15, 0.2) is 12.2 Å². The molecular formula is C82H160O17P2. The van der Waals surface area contributed by atoms with E-state index in [-0.39, 0.29) is 25.7 Å². The number of esters is 4. The second-order valence-electron chi connectivity index (χ2n) is 31.4. The number of aliphatic hydroxyl groups excluding tert-OH is 1. The highest BCUT2D eigenvalue weighted by Crippen LogP contribution is 2.45. The second-order valence-corrected chi connectivity index (χ2v) is 34.3. The highest BCUT2D eigenvalue weighted by Gasteiger charge is 2.30. The number of carbonyl (C=O) groups excluding carboxylic acids is 4. The van der Waals surface area contributed by atoms with Crippen molar-refractivity contribution in [2.24, 2.45) is 23.7 Å². The van der Waals surface area contributed by atoms with Crippen LogP contribution in [0, 0.1) is 23.7 Å². The summed E-state index contributed by atoms with van der Waals surface area (Å²) in [7, 11) is -9.92. The Labute approximate surface area is 619 Å². The zero-order chi connectivity index (χ0) is 74.6. The number of aliphatic hydroxyl groups is 1. The summed E-state index contributed by atoms with van der Waals surface area (Å²) in [5.41, 5.74) is 0. The third kappa shape index (κ3) is 76.1. The van der Waals surface area contributed by atoms with Gasteiger partial charge in [-0.3, -0.25) is 37.3 Å². The van der Waals surface area contributed by atoms with Crippen molar-refractivity contribution in [3.05, 3.63) is 0 Å². The van der Waals surface area contributed by atoms with Crippen molar-refractivity contribution < 1.29 is 80.2 Å². The molecule has 0 aliphatic heterocycles. The molecule has 5 atom stereocenters. The lowest BCUT2D eigenvalue weighted by molar-refractivity contribution is -0.161. The summed E-state index contributed by atoms with van der Waals surface area (Å²) in [6.07, 6.45) is 58.6. The molecule has 0 saturated heterocycles. The van der Waals surface area contributed by atoms with Crippen LogP contribution in [0.5, 0.6) is 0 Å². The van der Waals surface area contributed by atoms with Crippen LogP contribution in [0.15, 0.2) is 0 Å². The molecular weight excluding hydrogens is 1320 g/mol. The van der Waals surface area contributed by atoms with E-state index in [4.69, 9.17) is 37.0 Å². The lowest BCUT2D eigenvalue weighted by atomic mass is 10.0. The monoisotopic (exact) mass is 1480 g/mol. The summed E-state index contributed by atoms with van der Waals surface area (Å²) >= 11 is 0. The molecule has 101 heavy (non-hydrogen) atoms. The van der Waals surface area contributed by atoms with E-state index in [9.17, 15) is 43.2 Å². The maximum absolute atomic E-state index is 13.1. The van der Waals surface area contributed by atoms with Crippen molar-refractivity contribution in [1.29, 1.82) is 0 Å². The summed E-state index contributed by atoms with van der Waals surface area (Å²) < 4.78 is 68.7. The van der Waals surface area contributed by atoms with Gasteiger partial charge in [-0.2, -0.15) is 0 Å². The van der Waals surface area contributed by atoms with Crippen LogP contribution in [-0.2, 0) is 65.4 Å². The van der Waals surface area contributed by atoms with Crippen LogP contribution in [0.2, 0.25) is 0 Å². The minimum Gasteiger partial charge on any atom is -0.462 e. The highest BCUT2D eigenvalue weighted by atomic mass is 31.2. The summed E-state index contributed by atoms with van der Waals surface area (Å²) in [4.78, 5) is 73.0. The molecule has 0 aromatic heterocycles. The minimum absolute atomic E-state index is 0.107. The fourth-order valence-corrected chi connectivity index (χ4v) is 14.2. The molecule has 0 bridgehead atoms. The number of unbranched alkanes of at least 4 members (excludes halogenated alkanes) is 45. The van der Waals surface area contributed by atoms with Crippen molar-refractivity contribution in [2.45, 2.75) is 440 Å². The van der Waals surface area contributed by atoms with Gasteiger partial charge in [0.25, 0.3) is 0 Å². The molecule has 0 rings (SSSR count). The molecule has 0 spiro atoms. The molecule has 0 heterocycles. The first kappa shape index (κ1) is 99.1. The van der Waals surface area contributed by atoms with Crippen molar-refractivity contribution in [1.82, 2.24) is 0 Å². The van der Waals surface area contributed by atoms with E-state index in [0.717, 1.165) is 114 Å². The van der Waals surface area contributed by atoms with Crippen molar-refractivity contribution >= 4 is 39.5 Å². The Kier molecular flexibility index (Phi) is 69.6. The molecule has 0 aromatic rings. The molecule has 600 valence electrons. The van der Waals surface area contributed by atoms with Crippen molar-refractivity contribution in [3.63, 3.8) is 0 Å². The van der Waals surface area contributed by atoms with Crippen LogP contribution in [0.1, 0.15) is 421 Å². The Hall–Kier alpha value is -1.94. The smallest absolute Gasteiger partial charge is 0.462 e. The number of phosphoric acid groups is 2. The molecule has 19 heteroatoms. The van der Waals surface area contributed by atoms with Crippen LogP contribution >= 0.6 is 15.6 Å². The molecule has 0 aliphatic carbocycles. The second kappa shape index (κ2) is 71.0. The lowest BCUT2D eigenvalue weighted by Gasteiger charge is -2.21. The van der Waals surface area contributed by atoms with E-state index in [1.165, 1.54) is 218 Å². The first-order valence-corrected chi connectivity index (χ1v) is 45.2. The third-order valence-electron chi connectivity index (χ3n) is 19.1. The molecule has 0 aromatic carbocycles. The standard InChI is InChI=1S/C82H160O17P2/c1-72(2)58-50-42-34-28-23-19-15-11-9-10-12-17-21-25-31-38-48-57-65-82(87)99-78(69-93-80(85)63-55-47-41-40-45-53-61-75(7)8)71-97-101(90,91)95-67-76(83)66-94-100(88,89)96-70-77(68-92-79(84)62-54-46-37-33-27-30-36-44-52-60-74(5)6)98-81(86)64-56-49-39-32-26-22-18-14-13-16-20-24-29-35-43-51-59-73(3)4/h72-78,83H,9-71H2,1-8H3,(H,88,89)(H,90,91)/t76?,77-,78-/m1/s1. The van der Waals surface area contributed by atoms with E-state index in [1.807, 2.05) is 0 Å². The first-order valence-electron chi connectivity index (χ1n) is 42.2. The fourth-order valence-electron chi connectivity index (χ4n) is 12.6. The number of ether oxygens (including phenoxy) is 4. The van der Waals surface area contributed by atoms with Gasteiger partial charge in [-0.25, -0.2) is 9.13 Å². The van der Waals surface area contributed by atoms with Crippen LogP contribution < -0.4 is 0 Å². The van der Waals surface area contributed by atoms with Crippen LogP contribution in [0.4, 0.5) is 0 Å². The Morgan fingerprint density at radius 2 is 0.416 bits per heavy atom. The number of hydrogen-bond acceptors (Lipinski definition) is 15. The molecule has 0 fully saturated rings. The SMILES string of the molecule is CC(C)CCCCCCCCCCCCCCCCCCCCC(=O)O[C@H](COC(=O)CCCCCCCCC(C)C)COP(=O)(O)OCC(O)COP(=O)(O)OC[C@@H](COC(=O)CCCCCCCCCCCC(C)C)OC(=O)CCCCCCCCCCCCCCCCCCC(C)C. The Morgan fingerprint density at radius 3 is 0.614 bits per heavy atom. The highest BCUT2D eigenvalue weighted by molar-refractivity contribution is 7.47. The Balaban J connectivity index is 5.17. The molecule has 0 radical (unpaired) electrons. The third-order valence-corrected chi connectivity index (χ3v) is 21.0. The topological polar surface area (TPSA) is 237 Å². The lowest BCUT2D eigenvalue weighted by Crippen LogP contribution is -2.30. The summed E-state index contributed by atoms with van der Waals surface area (Å²) in [5, 5.41) is 10.6. The Morgan fingerprint density at radius 1 is 0.248 bits per heavy atom. The predicted molar refractivity (Wildman–Crippen MR) is 414 cm³/mol. The van der Waals surface area contributed by atoms with Gasteiger partial charge in [0, 0.05) is 25.7 Å². The molecule has 0 saturated carbocycles. The predicted octanol–water partition coefficient (Wildman–Crippen LogP) is 24.4. The van der Waals surface area contributed by atoms with Gasteiger partial charge in [0.1, 0.15) is 19.3 Å². The normalized spacial score (nSPS) is 14.0. The van der Waals surface area contributed by atoms with E-state index < -0.39 is 97.5 Å². The van der Waals surface area contributed by atoms with E-state index in [0.29, 0.717) is 31.6 Å². The quantitative estimate of drug-likeness (QED) is 0.0222. The summed E-state index contributed by atoms with van der Waals surface area (Å²) in [6, 6.07) is 0. The van der Waals surface area contributed by atoms with E-state index >= 15 is 0 Å². The van der Waals surface area contributed by atoms with Crippen LogP contribution in [0.25, 0.3) is 0 Å². The summed E-state index contributed by atoms with van der Waals surface area (Å²) in [5.74, 6) is 0.937. The largest absolute Gasteiger partial charge is 0.472 e. The minimum atomic E-state index is -4.96. The number of phosphoric ester groups is 2. The van der Waals surface area contributed by atoms with Gasteiger partial charge in [0.2, 0.25) is 0 Å². The van der Waals surface area contributed by atoms with Gasteiger partial charge < -0.3 is 33.8 Å². The number of carbonyl (C=O) groups is 4. The number of rotatable bonds is 79. The number of hydrogen-bond donors (Lipinski definition) is 3. The average Bonchev–Trinajstić information content (AvgIpc) is 0.930. The zero-order valence-corrected chi connectivity index (χ0v) is 68.3. The maximum Gasteiger partial charge on any atom is 0.472 e. The maximum atomic E-state index is 13.1.